The van der Waals surface area contributed by atoms with Crippen molar-refractivity contribution in [1.29, 1.82) is 0 Å². The van der Waals surface area contributed by atoms with E-state index >= 15 is 0 Å². The molecule has 1 heterocycles. The van der Waals surface area contributed by atoms with Crippen molar-refractivity contribution in [3.05, 3.63) is 59.7 Å². The van der Waals surface area contributed by atoms with E-state index < -0.39 is 5.37 Å². The molecule has 1 aliphatic rings. The summed E-state index contributed by atoms with van der Waals surface area (Å²) in [6.45, 7) is 2.63. The van der Waals surface area contributed by atoms with Gasteiger partial charge in [0.25, 0.3) is 5.91 Å². The molecule has 3 rings (SSSR count). The van der Waals surface area contributed by atoms with Crippen LogP contribution in [0.2, 0.25) is 0 Å². The topological polar surface area (TPSA) is 46.3 Å². The van der Waals surface area contributed by atoms with Crippen molar-refractivity contribution in [1.82, 2.24) is 0 Å². The van der Waals surface area contributed by atoms with Crippen molar-refractivity contribution in [3.63, 3.8) is 0 Å². The SMILES string of the molecule is Cc1ccccc1CN1C(=O)C(N)Sc2ccccc21. The molecular weight excluding hydrogens is 268 g/mol. The standard InChI is InChI=1S/C16H16N2OS/c1-11-6-2-3-7-12(11)10-18-13-8-4-5-9-14(13)20-15(17)16(18)19/h2-9,15H,10,17H2,1H3. The Morgan fingerprint density at radius 1 is 1.15 bits per heavy atom. The second-order valence-corrected chi connectivity index (χ2v) is 6.04. The fraction of sp³-hybridized carbons (Fsp3) is 0.188. The molecule has 0 saturated carbocycles. The third-order valence-corrected chi connectivity index (χ3v) is 4.56. The molecule has 0 aliphatic carbocycles. The molecule has 0 bridgehead atoms. The molecule has 0 radical (unpaired) electrons. The molecule has 102 valence electrons. The molecule has 20 heavy (non-hydrogen) atoms. The summed E-state index contributed by atoms with van der Waals surface area (Å²) >= 11 is 1.43. The summed E-state index contributed by atoms with van der Waals surface area (Å²) in [6.07, 6.45) is 0. The molecule has 0 aromatic heterocycles. The Kier molecular flexibility index (Phi) is 3.51. The van der Waals surface area contributed by atoms with Gasteiger partial charge >= 0.3 is 0 Å². The summed E-state index contributed by atoms with van der Waals surface area (Å²) in [4.78, 5) is 15.2. The van der Waals surface area contributed by atoms with Gasteiger partial charge in [-0.2, -0.15) is 0 Å². The molecule has 1 unspecified atom stereocenters. The van der Waals surface area contributed by atoms with Crippen molar-refractivity contribution in [3.8, 4) is 0 Å². The van der Waals surface area contributed by atoms with E-state index in [2.05, 4.69) is 19.1 Å². The van der Waals surface area contributed by atoms with E-state index in [0.717, 1.165) is 16.1 Å². The smallest absolute Gasteiger partial charge is 0.254 e. The van der Waals surface area contributed by atoms with Gasteiger partial charge in [0.05, 0.1) is 12.2 Å². The molecular formula is C16H16N2OS. The van der Waals surface area contributed by atoms with Crippen LogP contribution >= 0.6 is 11.8 Å². The van der Waals surface area contributed by atoms with Gasteiger partial charge in [0.15, 0.2) is 0 Å². The lowest BCUT2D eigenvalue weighted by Crippen LogP contribution is -2.44. The van der Waals surface area contributed by atoms with Gasteiger partial charge in [-0.25, -0.2) is 0 Å². The van der Waals surface area contributed by atoms with Gasteiger partial charge in [-0.05, 0) is 30.2 Å². The van der Waals surface area contributed by atoms with Gasteiger partial charge in [-0.3, -0.25) is 4.79 Å². The highest BCUT2D eigenvalue weighted by atomic mass is 32.2. The second kappa shape index (κ2) is 5.31. The van der Waals surface area contributed by atoms with Crippen molar-refractivity contribution in [2.75, 3.05) is 4.90 Å². The number of nitrogens with zero attached hydrogens (tertiary/aromatic N) is 1. The van der Waals surface area contributed by atoms with Crippen LogP contribution in [-0.2, 0) is 11.3 Å². The number of benzene rings is 2. The predicted molar refractivity (Wildman–Crippen MR) is 82.6 cm³/mol. The number of fused-ring (bicyclic) bond motifs is 1. The van der Waals surface area contributed by atoms with E-state index in [1.165, 1.54) is 17.3 Å². The Bertz CT molecular complexity index is 656. The summed E-state index contributed by atoms with van der Waals surface area (Å²) in [5.41, 5.74) is 9.23. The molecule has 2 N–H and O–H groups in total. The van der Waals surface area contributed by atoms with Crippen LogP contribution in [-0.4, -0.2) is 11.3 Å². The number of hydrogen-bond donors (Lipinski definition) is 1. The molecule has 2 aromatic rings. The molecule has 4 heteroatoms. The van der Waals surface area contributed by atoms with Crippen molar-refractivity contribution >= 4 is 23.4 Å². The normalized spacial score (nSPS) is 18.0. The van der Waals surface area contributed by atoms with E-state index in [1.807, 2.05) is 36.4 Å². The fourth-order valence-corrected chi connectivity index (χ4v) is 3.32. The minimum atomic E-state index is -0.520. The van der Waals surface area contributed by atoms with Crippen molar-refractivity contribution in [2.45, 2.75) is 23.7 Å². The summed E-state index contributed by atoms with van der Waals surface area (Å²) < 4.78 is 0. The zero-order valence-corrected chi connectivity index (χ0v) is 12.1. The molecule has 1 atom stereocenters. The van der Waals surface area contributed by atoms with Gasteiger partial charge in [0.1, 0.15) is 5.37 Å². The first-order chi connectivity index (χ1) is 9.66. The average molecular weight is 284 g/mol. The molecule has 0 fully saturated rings. The molecule has 2 aromatic carbocycles. The van der Waals surface area contributed by atoms with E-state index in [0.29, 0.717) is 6.54 Å². The minimum absolute atomic E-state index is 0.0306. The number of rotatable bonds is 2. The van der Waals surface area contributed by atoms with Crippen molar-refractivity contribution in [2.24, 2.45) is 5.73 Å². The highest BCUT2D eigenvalue weighted by Crippen LogP contribution is 2.38. The van der Waals surface area contributed by atoms with Crippen LogP contribution in [0.25, 0.3) is 0 Å². The lowest BCUT2D eigenvalue weighted by Gasteiger charge is -2.32. The average Bonchev–Trinajstić information content (AvgIpc) is 2.46. The van der Waals surface area contributed by atoms with Crippen LogP contribution in [0.5, 0.6) is 0 Å². The lowest BCUT2D eigenvalue weighted by molar-refractivity contribution is -0.118. The maximum atomic E-state index is 12.4. The van der Waals surface area contributed by atoms with E-state index in [9.17, 15) is 4.79 Å². The fourth-order valence-electron chi connectivity index (χ4n) is 2.36. The first-order valence-corrected chi connectivity index (χ1v) is 7.42. The third-order valence-electron chi connectivity index (χ3n) is 3.51. The van der Waals surface area contributed by atoms with Gasteiger partial charge in [0, 0.05) is 4.90 Å². The molecule has 3 nitrogen and oxygen atoms in total. The maximum absolute atomic E-state index is 12.4. The Labute approximate surface area is 122 Å². The van der Waals surface area contributed by atoms with Gasteiger partial charge in [0.2, 0.25) is 0 Å². The number of thioether (sulfide) groups is 1. The summed E-state index contributed by atoms with van der Waals surface area (Å²) in [5, 5.41) is -0.520. The number of anilines is 1. The van der Waals surface area contributed by atoms with Crippen LogP contribution in [0.1, 0.15) is 11.1 Å². The van der Waals surface area contributed by atoms with E-state index in [4.69, 9.17) is 5.73 Å². The Balaban J connectivity index is 2.00. The predicted octanol–water partition coefficient (Wildman–Crippen LogP) is 2.92. The number of para-hydroxylation sites is 1. The van der Waals surface area contributed by atoms with Crippen LogP contribution in [0, 0.1) is 6.92 Å². The van der Waals surface area contributed by atoms with Gasteiger partial charge < -0.3 is 10.6 Å². The monoisotopic (exact) mass is 284 g/mol. The third kappa shape index (κ3) is 2.32. The number of carbonyl (C=O) groups excluding carboxylic acids is 1. The van der Waals surface area contributed by atoms with Crippen LogP contribution in [0.15, 0.2) is 53.4 Å². The molecule has 0 saturated heterocycles. The number of amides is 1. The summed E-state index contributed by atoms with van der Waals surface area (Å²) in [6, 6.07) is 16.0. The highest BCUT2D eigenvalue weighted by Gasteiger charge is 2.30. The lowest BCUT2D eigenvalue weighted by atomic mass is 10.1. The number of aryl methyl sites for hydroxylation is 1. The number of nitrogens with two attached hydrogens (primary N) is 1. The summed E-state index contributed by atoms with van der Waals surface area (Å²) in [5.74, 6) is -0.0306. The molecule has 0 spiro atoms. The first kappa shape index (κ1) is 13.2. The van der Waals surface area contributed by atoms with Crippen LogP contribution in [0.3, 0.4) is 0 Å². The van der Waals surface area contributed by atoms with Crippen molar-refractivity contribution < 1.29 is 4.79 Å². The zero-order chi connectivity index (χ0) is 14.1. The molecule has 1 aliphatic heterocycles. The minimum Gasteiger partial charge on any atom is -0.311 e. The zero-order valence-electron chi connectivity index (χ0n) is 11.2. The Hall–Kier alpha value is -1.78. The second-order valence-electron chi connectivity index (χ2n) is 4.86. The molecule has 1 amide bonds. The van der Waals surface area contributed by atoms with E-state index in [1.54, 1.807) is 4.90 Å². The maximum Gasteiger partial charge on any atom is 0.254 e. The number of carbonyl (C=O) groups is 1. The van der Waals surface area contributed by atoms with Crippen LogP contribution < -0.4 is 10.6 Å². The van der Waals surface area contributed by atoms with E-state index in [-0.39, 0.29) is 5.91 Å². The quantitative estimate of drug-likeness (QED) is 0.922. The largest absolute Gasteiger partial charge is 0.311 e. The Morgan fingerprint density at radius 2 is 1.85 bits per heavy atom. The first-order valence-electron chi connectivity index (χ1n) is 6.54. The number of hydrogen-bond acceptors (Lipinski definition) is 3. The van der Waals surface area contributed by atoms with Crippen LogP contribution in [0.4, 0.5) is 5.69 Å². The summed E-state index contributed by atoms with van der Waals surface area (Å²) in [7, 11) is 0. The van der Waals surface area contributed by atoms with Gasteiger partial charge in [-0.1, -0.05) is 48.2 Å². The highest BCUT2D eigenvalue weighted by molar-refractivity contribution is 8.00. The Morgan fingerprint density at radius 3 is 2.65 bits per heavy atom. The van der Waals surface area contributed by atoms with Gasteiger partial charge in [-0.15, -0.1) is 0 Å².